The summed E-state index contributed by atoms with van der Waals surface area (Å²) in [6, 6.07) is 26.9. The number of esters is 2. The Labute approximate surface area is 222 Å². The molecule has 0 saturated carbocycles. The van der Waals surface area contributed by atoms with Crippen molar-refractivity contribution in [3.63, 3.8) is 0 Å². The van der Waals surface area contributed by atoms with Crippen LogP contribution in [0.5, 0.6) is 0 Å². The van der Waals surface area contributed by atoms with E-state index in [-0.39, 0.29) is 19.1 Å². The van der Waals surface area contributed by atoms with Crippen LogP contribution in [0.2, 0.25) is 0 Å². The summed E-state index contributed by atoms with van der Waals surface area (Å²) >= 11 is 0. The Morgan fingerprint density at radius 2 is 1.47 bits per heavy atom. The third kappa shape index (κ3) is 3.73. The van der Waals surface area contributed by atoms with Crippen LogP contribution in [-0.2, 0) is 25.5 Å². The summed E-state index contributed by atoms with van der Waals surface area (Å²) in [5.41, 5.74) is 5.72. The number of carbonyl (C=O) groups is 2. The highest BCUT2D eigenvalue weighted by Gasteiger charge is 2.54. The van der Waals surface area contributed by atoms with Crippen molar-refractivity contribution >= 4 is 28.3 Å². The van der Waals surface area contributed by atoms with Gasteiger partial charge in [0.1, 0.15) is 0 Å². The van der Waals surface area contributed by atoms with Gasteiger partial charge < -0.3 is 9.47 Å². The third-order valence-corrected chi connectivity index (χ3v) is 7.66. The number of carbonyl (C=O) groups excluding carboxylic acids is 2. The van der Waals surface area contributed by atoms with Crippen molar-refractivity contribution in [3.8, 4) is 22.4 Å². The highest BCUT2D eigenvalue weighted by molar-refractivity contribution is 6.11. The molecule has 5 heteroatoms. The van der Waals surface area contributed by atoms with Crippen molar-refractivity contribution in [2.45, 2.75) is 26.7 Å². The monoisotopic (exact) mass is 503 g/mol. The minimum atomic E-state index is -1.44. The Bertz CT molecular complexity index is 1560. The first-order valence-electron chi connectivity index (χ1n) is 13.2. The van der Waals surface area contributed by atoms with Gasteiger partial charge in [0.2, 0.25) is 0 Å². The number of nitrogens with zero attached hydrogens (tertiary/aromatic N) is 1. The number of ether oxygens (including phenoxy) is 2. The summed E-state index contributed by atoms with van der Waals surface area (Å²) in [5, 5.41) is 2.19. The molecule has 0 aliphatic heterocycles. The summed E-state index contributed by atoms with van der Waals surface area (Å²) in [6.07, 6.45) is 2.77. The quantitative estimate of drug-likeness (QED) is 0.218. The maximum absolute atomic E-state index is 13.2. The molecule has 6 rings (SSSR count). The predicted molar refractivity (Wildman–Crippen MR) is 148 cm³/mol. The van der Waals surface area contributed by atoms with Crippen LogP contribution in [0.4, 0.5) is 0 Å². The van der Waals surface area contributed by atoms with Crippen LogP contribution in [0.25, 0.3) is 38.7 Å². The first kappa shape index (κ1) is 24.1. The smallest absolute Gasteiger partial charge is 0.327 e. The molecule has 0 radical (unpaired) electrons. The van der Waals surface area contributed by atoms with E-state index in [9.17, 15) is 9.59 Å². The molecular weight excluding hydrogens is 474 g/mol. The van der Waals surface area contributed by atoms with Gasteiger partial charge >= 0.3 is 11.9 Å². The number of allylic oxidation sites excluding steroid dienone is 1. The van der Waals surface area contributed by atoms with Gasteiger partial charge in [-0.05, 0) is 54.7 Å². The van der Waals surface area contributed by atoms with Gasteiger partial charge in [0, 0.05) is 16.5 Å². The fourth-order valence-corrected chi connectivity index (χ4v) is 6.08. The average Bonchev–Trinajstić information content (AvgIpc) is 3.35. The largest absolute Gasteiger partial charge is 0.465 e. The number of hydrogen-bond acceptors (Lipinski definition) is 5. The van der Waals surface area contributed by atoms with Gasteiger partial charge in [0.25, 0.3) is 0 Å². The van der Waals surface area contributed by atoms with E-state index in [1.54, 1.807) is 13.8 Å². The van der Waals surface area contributed by atoms with Crippen molar-refractivity contribution in [1.82, 2.24) is 4.98 Å². The molecule has 5 nitrogen and oxygen atoms in total. The van der Waals surface area contributed by atoms with E-state index >= 15 is 0 Å². The summed E-state index contributed by atoms with van der Waals surface area (Å²) in [5.74, 6) is -1.13. The van der Waals surface area contributed by atoms with Crippen LogP contribution in [0.1, 0.15) is 31.5 Å². The normalized spacial score (nSPS) is 17.0. The van der Waals surface area contributed by atoms with Gasteiger partial charge in [-0.15, -0.1) is 0 Å². The average molecular weight is 504 g/mol. The highest BCUT2D eigenvalue weighted by atomic mass is 16.6. The fourth-order valence-electron chi connectivity index (χ4n) is 6.08. The Morgan fingerprint density at radius 1 is 0.842 bits per heavy atom. The topological polar surface area (TPSA) is 65.5 Å². The lowest BCUT2D eigenvalue weighted by Crippen LogP contribution is -2.39. The van der Waals surface area contributed by atoms with Crippen LogP contribution in [-0.4, -0.2) is 30.1 Å². The minimum Gasteiger partial charge on any atom is -0.465 e. The first-order chi connectivity index (χ1) is 18.6. The summed E-state index contributed by atoms with van der Waals surface area (Å²) < 4.78 is 10.8. The van der Waals surface area contributed by atoms with Crippen molar-refractivity contribution in [1.29, 1.82) is 0 Å². The molecule has 38 heavy (non-hydrogen) atoms. The molecule has 2 aliphatic carbocycles. The minimum absolute atomic E-state index is 0.0411. The molecule has 0 fully saturated rings. The second-order valence-electron chi connectivity index (χ2n) is 9.86. The Balaban J connectivity index is 1.61. The first-order valence-corrected chi connectivity index (χ1v) is 13.2. The van der Waals surface area contributed by atoms with Crippen molar-refractivity contribution in [2.75, 3.05) is 13.2 Å². The molecule has 2 aliphatic rings. The van der Waals surface area contributed by atoms with Crippen LogP contribution in [0, 0.1) is 11.3 Å². The standard InChI is InChI=1S/C33H29NO4/c1-3-37-31(35)33(32(36)38-4-2)19-23-18-27-29-24(26(23)20-33)16-11-17-25(29)28(21-12-7-5-8-13-21)30(34-27)22-14-9-6-10-15-22/h5-17,20,23H,3-4,18-19H2,1-2H3. The van der Waals surface area contributed by atoms with Crippen LogP contribution in [0.3, 0.4) is 0 Å². The summed E-state index contributed by atoms with van der Waals surface area (Å²) in [4.78, 5) is 31.8. The zero-order valence-electron chi connectivity index (χ0n) is 21.6. The molecule has 3 aromatic carbocycles. The molecule has 0 N–H and O–H groups in total. The molecule has 0 bridgehead atoms. The molecule has 4 aromatic rings. The summed E-state index contributed by atoms with van der Waals surface area (Å²) in [7, 11) is 0. The van der Waals surface area contributed by atoms with Gasteiger partial charge in [-0.2, -0.15) is 0 Å². The van der Waals surface area contributed by atoms with Crippen LogP contribution >= 0.6 is 0 Å². The Hall–Kier alpha value is -4.25. The molecule has 1 heterocycles. The molecular formula is C33H29NO4. The Morgan fingerprint density at radius 3 is 2.11 bits per heavy atom. The lowest BCUT2D eigenvalue weighted by Gasteiger charge is -2.27. The van der Waals surface area contributed by atoms with E-state index in [2.05, 4.69) is 42.5 Å². The van der Waals surface area contributed by atoms with Crippen molar-refractivity contribution < 1.29 is 19.1 Å². The number of fused-ring (bicyclic) bond motifs is 2. The molecule has 0 spiro atoms. The molecule has 190 valence electrons. The molecule has 0 saturated heterocycles. The van der Waals surface area contributed by atoms with E-state index in [1.165, 1.54) is 0 Å². The molecule has 0 amide bonds. The van der Waals surface area contributed by atoms with E-state index in [0.29, 0.717) is 12.8 Å². The number of benzene rings is 3. The maximum atomic E-state index is 13.2. The van der Waals surface area contributed by atoms with Gasteiger partial charge in [-0.1, -0.05) is 84.9 Å². The maximum Gasteiger partial charge on any atom is 0.327 e. The molecule has 1 unspecified atom stereocenters. The van der Waals surface area contributed by atoms with E-state index in [4.69, 9.17) is 14.5 Å². The zero-order valence-corrected chi connectivity index (χ0v) is 21.6. The number of pyridine rings is 1. The highest BCUT2D eigenvalue weighted by Crippen LogP contribution is 2.53. The van der Waals surface area contributed by atoms with Crippen LogP contribution in [0.15, 0.2) is 84.9 Å². The molecule has 1 atom stereocenters. The second-order valence-corrected chi connectivity index (χ2v) is 9.86. The van der Waals surface area contributed by atoms with E-state index in [0.717, 1.165) is 50.0 Å². The van der Waals surface area contributed by atoms with Crippen molar-refractivity contribution in [3.05, 3.63) is 96.2 Å². The lowest BCUT2D eigenvalue weighted by molar-refractivity contribution is -0.168. The summed E-state index contributed by atoms with van der Waals surface area (Å²) in [6.45, 7) is 3.91. The Kier molecular flexibility index (Phi) is 6.07. The zero-order chi connectivity index (χ0) is 26.3. The van der Waals surface area contributed by atoms with E-state index < -0.39 is 17.4 Å². The fraction of sp³-hybridized carbons (Fsp3) is 0.242. The number of rotatable bonds is 6. The lowest BCUT2D eigenvalue weighted by atomic mass is 9.78. The van der Waals surface area contributed by atoms with Gasteiger partial charge in [0.05, 0.1) is 24.6 Å². The predicted octanol–water partition coefficient (Wildman–Crippen LogP) is 6.64. The second kappa shape index (κ2) is 9.56. The third-order valence-electron chi connectivity index (χ3n) is 7.66. The van der Waals surface area contributed by atoms with Crippen LogP contribution < -0.4 is 0 Å². The van der Waals surface area contributed by atoms with Gasteiger partial charge in [-0.25, -0.2) is 0 Å². The van der Waals surface area contributed by atoms with Gasteiger partial charge in [-0.3, -0.25) is 14.6 Å². The molecule has 1 aromatic heterocycles. The van der Waals surface area contributed by atoms with E-state index in [1.807, 2.05) is 42.5 Å². The van der Waals surface area contributed by atoms with Crippen molar-refractivity contribution in [2.24, 2.45) is 11.3 Å². The SMILES string of the molecule is CCOC(=O)C1(C(=O)OCC)C=C2c3cccc4c(-c5ccccc5)c(-c5ccccc5)nc(c34)CC2C1. The number of hydrogen-bond donors (Lipinski definition) is 0. The number of aromatic nitrogens is 1. The van der Waals surface area contributed by atoms with Gasteiger partial charge in [0.15, 0.2) is 5.41 Å².